The maximum absolute atomic E-state index is 12.6. The van der Waals surface area contributed by atoms with Crippen LogP contribution in [0, 0.1) is 17.8 Å². The molecule has 4 rings (SSSR count). The number of morpholine rings is 1. The summed E-state index contributed by atoms with van der Waals surface area (Å²) in [5, 5.41) is 4.85. The SMILES string of the molecule is O=C1CO[C@H]2CCN(C(=O)N3CC(C#Cc4csc(Cl)c4)C3)C[C@H]2N1. The maximum Gasteiger partial charge on any atom is 0.320 e. The zero-order valence-electron chi connectivity index (χ0n) is 13.5. The molecule has 0 aromatic carbocycles. The number of urea groups is 1. The molecule has 0 aliphatic carbocycles. The van der Waals surface area contributed by atoms with Crippen molar-refractivity contribution in [3.05, 3.63) is 21.3 Å². The van der Waals surface area contributed by atoms with Crippen LogP contribution in [-0.2, 0) is 9.53 Å². The summed E-state index contributed by atoms with van der Waals surface area (Å²) in [5.74, 6) is 6.40. The highest BCUT2D eigenvalue weighted by atomic mass is 35.5. The molecule has 3 saturated heterocycles. The smallest absolute Gasteiger partial charge is 0.320 e. The Kier molecular flexibility index (Phi) is 4.59. The fraction of sp³-hybridized carbons (Fsp3) is 0.529. The van der Waals surface area contributed by atoms with Gasteiger partial charge in [-0.3, -0.25) is 4.79 Å². The van der Waals surface area contributed by atoms with Gasteiger partial charge in [-0.15, -0.1) is 11.3 Å². The first-order valence-corrected chi connectivity index (χ1v) is 9.54. The topological polar surface area (TPSA) is 61.9 Å². The van der Waals surface area contributed by atoms with E-state index in [1.54, 1.807) is 4.90 Å². The van der Waals surface area contributed by atoms with Gasteiger partial charge in [0, 0.05) is 37.1 Å². The highest BCUT2D eigenvalue weighted by Crippen LogP contribution is 2.23. The van der Waals surface area contributed by atoms with Gasteiger partial charge in [0.2, 0.25) is 5.91 Å². The van der Waals surface area contributed by atoms with Gasteiger partial charge in [0.05, 0.1) is 22.4 Å². The Balaban J connectivity index is 1.28. The lowest BCUT2D eigenvalue weighted by Crippen LogP contribution is -2.64. The number of hydrogen-bond donors (Lipinski definition) is 1. The van der Waals surface area contributed by atoms with E-state index in [-0.39, 0.29) is 36.6 Å². The number of nitrogens with one attached hydrogen (secondary N) is 1. The van der Waals surface area contributed by atoms with Crippen molar-refractivity contribution >= 4 is 34.9 Å². The third-order valence-electron chi connectivity index (χ3n) is 4.73. The largest absolute Gasteiger partial charge is 0.366 e. The van der Waals surface area contributed by atoms with Crippen LogP contribution >= 0.6 is 22.9 Å². The number of ether oxygens (including phenoxy) is 1. The van der Waals surface area contributed by atoms with Crippen LogP contribution in [0.5, 0.6) is 0 Å². The predicted molar refractivity (Wildman–Crippen MR) is 94.5 cm³/mol. The molecule has 4 heterocycles. The van der Waals surface area contributed by atoms with Crippen LogP contribution in [0.15, 0.2) is 11.4 Å². The molecule has 3 aliphatic heterocycles. The summed E-state index contributed by atoms with van der Waals surface area (Å²) in [6, 6.07) is 1.78. The molecular formula is C17H18ClN3O3S. The van der Waals surface area contributed by atoms with E-state index in [0.29, 0.717) is 26.2 Å². The van der Waals surface area contributed by atoms with Crippen LogP contribution in [0.3, 0.4) is 0 Å². The predicted octanol–water partition coefficient (Wildman–Crippen LogP) is 1.39. The molecule has 1 aromatic heterocycles. The second-order valence-electron chi connectivity index (χ2n) is 6.55. The fourth-order valence-corrected chi connectivity index (χ4v) is 4.17. The second-order valence-corrected chi connectivity index (χ2v) is 8.09. The Morgan fingerprint density at radius 1 is 1.36 bits per heavy atom. The van der Waals surface area contributed by atoms with E-state index in [4.69, 9.17) is 16.3 Å². The van der Waals surface area contributed by atoms with Gasteiger partial charge in [-0.2, -0.15) is 0 Å². The molecule has 2 atom stereocenters. The Morgan fingerprint density at radius 3 is 2.96 bits per heavy atom. The molecule has 25 heavy (non-hydrogen) atoms. The summed E-state index contributed by atoms with van der Waals surface area (Å²) in [5.41, 5.74) is 0.926. The van der Waals surface area contributed by atoms with Crippen LogP contribution in [0.25, 0.3) is 0 Å². The van der Waals surface area contributed by atoms with Crippen LogP contribution in [0.4, 0.5) is 4.79 Å². The number of rotatable bonds is 0. The first-order chi connectivity index (χ1) is 12.1. The number of carbonyl (C=O) groups is 2. The standard InChI is InChI=1S/C17H18ClN3O3S/c18-15-5-11(10-25-15)1-2-12-6-21(7-12)17(23)20-4-3-14-13(8-20)19-16(22)9-24-14/h5,10,12-14H,3-4,6-9H2,(H,19,22)/t13-,14+/m1/s1. The molecule has 3 aliphatic rings. The molecule has 1 aromatic rings. The molecule has 0 bridgehead atoms. The number of thiophene rings is 1. The van der Waals surface area contributed by atoms with E-state index in [0.717, 1.165) is 16.3 Å². The second kappa shape index (κ2) is 6.87. The van der Waals surface area contributed by atoms with Crippen molar-refractivity contribution in [3.8, 4) is 11.8 Å². The first kappa shape index (κ1) is 16.7. The Bertz CT molecular complexity index is 750. The minimum absolute atomic E-state index is 0.0224. The third-order valence-corrected chi connectivity index (χ3v) is 5.83. The fourth-order valence-electron chi connectivity index (χ4n) is 3.36. The average Bonchev–Trinajstić information content (AvgIpc) is 2.97. The maximum atomic E-state index is 12.6. The minimum atomic E-state index is -0.108. The Morgan fingerprint density at radius 2 is 2.20 bits per heavy atom. The van der Waals surface area contributed by atoms with E-state index in [1.165, 1.54) is 11.3 Å². The van der Waals surface area contributed by atoms with Gasteiger partial charge in [-0.25, -0.2) is 4.79 Å². The molecule has 0 radical (unpaired) electrons. The lowest BCUT2D eigenvalue weighted by Gasteiger charge is -2.45. The number of piperidine rings is 1. The van der Waals surface area contributed by atoms with Gasteiger partial charge in [-0.1, -0.05) is 23.4 Å². The molecule has 3 amide bonds. The van der Waals surface area contributed by atoms with Gasteiger partial charge >= 0.3 is 6.03 Å². The van der Waals surface area contributed by atoms with E-state index in [9.17, 15) is 9.59 Å². The summed E-state index contributed by atoms with van der Waals surface area (Å²) in [6.07, 6.45) is 0.779. The summed E-state index contributed by atoms with van der Waals surface area (Å²) >= 11 is 7.36. The molecule has 132 valence electrons. The highest BCUT2D eigenvalue weighted by molar-refractivity contribution is 7.14. The van der Waals surface area contributed by atoms with Gasteiger partial charge in [-0.05, 0) is 12.5 Å². The lowest BCUT2D eigenvalue weighted by molar-refractivity contribution is -0.139. The van der Waals surface area contributed by atoms with Crippen LogP contribution in [-0.4, -0.2) is 66.7 Å². The van der Waals surface area contributed by atoms with E-state index in [1.807, 2.05) is 16.3 Å². The van der Waals surface area contributed by atoms with Crippen molar-refractivity contribution < 1.29 is 14.3 Å². The monoisotopic (exact) mass is 379 g/mol. The molecule has 3 fully saturated rings. The van der Waals surface area contributed by atoms with Gasteiger partial charge in [0.25, 0.3) is 0 Å². The average molecular weight is 380 g/mol. The van der Waals surface area contributed by atoms with Crippen LogP contribution < -0.4 is 5.32 Å². The lowest BCUT2D eigenvalue weighted by atomic mass is 9.99. The van der Waals surface area contributed by atoms with Crippen molar-refractivity contribution in [1.82, 2.24) is 15.1 Å². The number of hydrogen-bond acceptors (Lipinski definition) is 4. The summed E-state index contributed by atoms with van der Waals surface area (Å²) < 4.78 is 6.26. The van der Waals surface area contributed by atoms with Crippen molar-refractivity contribution in [2.45, 2.75) is 18.6 Å². The van der Waals surface area contributed by atoms with E-state index < -0.39 is 0 Å². The number of halogens is 1. The highest BCUT2D eigenvalue weighted by Gasteiger charge is 2.39. The van der Waals surface area contributed by atoms with Crippen molar-refractivity contribution in [2.75, 3.05) is 32.8 Å². The number of likely N-dealkylation sites (tertiary alicyclic amines) is 2. The molecule has 0 saturated carbocycles. The first-order valence-electron chi connectivity index (χ1n) is 8.29. The molecule has 1 N–H and O–H groups in total. The molecule has 6 nitrogen and oxygen atoms in total. The van der Waals surface area contributed by atoms with E-state index >= 15 is 0 Å². The van der Waals surface area contributed by atoms with Crippen LogP contribution in [0.1, 0.15) is 12.0 Å². The van der Waals surface area contributed by atoms with Crippen molar-refractivity contribution in [1.29, 1.82) is 0 Å². The summed E-state index contributed by atoms with van der Waals surface area (Å²) in [7, 11) is 0. The van der Waals surface area contributed by atoms with Gasteiger partial charge in [0.1, 0.15) is 6.61 Å². The molecular weight excluding hydrogens is 362 g/mol. The Hall–Kier alpha value is -1.75. The molecule has 8 heteroatoms. The van der Waals surface area contributed by atoms with Crippen LogP contribution in [0.2, 0.25) is 4.34 Å². The summed E-state index contributed by atoms with van der Waals surface area (Å²) in [6.45, 7) is 2.59. The zero-order valence-corrected chi connectivity index (χ0v) is 15.1. The van der Waals surface area contributed by atoms with Gasteiger partial charge < -0.3 is 19.9 Å². The number of nitrogens with zero attached hydrogens (tertiary/aromatic N) is 2. The Labute approximate surface area is 155 Å². The summed E-state index contributed by atoms with van der Waals surface area (Å²) in [4.78, 5) is 27.7. The number of fused-ring (bicyclic) bond motifs is 1. The zero-order chi connectivity index (χ0) is 17.4. The van der Waals surface area contributed by atoms with Gasteiger partial charge in [0.15, 0.2) is 0 Å². The normalized spacial score (nSPS) is 26.2. The number of carbonyl (C=O) groups excluding carboxylic acids is 2. The number of amides is 3. The third kappa shape index (κ3) is 3.61. The molecule has 0 spiro atoms. The van der Waals surface area contributed by atoms with Crippen molar-refractivity contribution in [3.63, 3.8) is 0 Å². The minimum Gasteiger partial charge on any atom is -0.366 e. The quantitative estimate of drug-likeness (QED) is 0.693. The van der Waals surface area contributed by atoms with Crippen molar-refractivity contribution in [2.24, 2.45) is 5.92 Å². The molecule has 0 unspecified atom stereocenters. The van der Waals surface area contributed by atoms with E-state index in [2.05, 4.69) is 17.2 Å².